The smallest absolute Gasteiger partial charge is 0.203 e. The summed E-state index contributed by atoms with van der Waals surface area (Å²) in [6.45, 7) is 8.83. The third-order valence-electron chi connectivity index (χ3n) is 2.66. The topological polar surface area (TPSA) is 44.8 Å². The third kappa shape index (κ3) is 4.71. The summed E-state index contributed by atoms with van der Waals surface area (Å²) in [6.07, 6.45) is 0.182. The van der Waals surface area contributed by atoms with Crippen molar-refractivity contribution in [3.8, 4) is 29.1 Å². The van der Waals surface area contributed by atoms with Crippen molar-refractivity contribution in [3.05, 3.63) is 17.7 Å². The quantitative estimate of drug-likeness (QED) is 0.543. The number of rotatable bonds is 8. The molecule has 0 heterocycles. The van der Waals surface area contributed by atoms with Gasteiger partial charge in [0, 0.05) is 5.56 Å². The molecule has 0 bridgehead atoms. The predicted molar refractivity (Wildman–Crippen MR) is 82.3 cm³/mol. The van der Waals surface area contributed by atoms with E-state index in [0.717, 1.165) is 0 Å². The molecule has 21 heavy (non-hydrogen) atoms. The molecule has 0 radical (unpaired) electrons. The Kier molecular flexibility index (Phi) is 7.17. The van der Waals surface area contributed by atoms with Crippen LogP contribution < -0.4 is 14.2 Å². The van der Waals surface area contributed by atoms with Gasteiger partial charge in [0.1, 0.15) is 0 Å². The van der Waals surface area contributed by atoms with Gasteiger partial charge in [-0.1, -0.05) is 5.92 Å². The Morgan fingerprint density at radius 3 is 1.95 bits per heavy atom. The Morgan fingerprint density at radius 1 is 1.00 bits per heavy atom. The fourth-order valence-electron chi connectivity index (χ4n) is 1.82. The van der Waals surface area contributed by atoms with E-state index < -0.39 is 0 Å². The van der Waals surface area contributed by atoms with Crippen LogP contribution in [0.4, 0.5) is 0 Å². The molecular weight excluding hydrogens is 268 g/mol. The van der Waals surface area contributed by atoms with Gasteiger partial charge in [0.15, 0.2) is 17.3 Å². The van der Waals surface area contributed by atoms with Crippen LogP contribution in [0, 0.1) is 11.8 Å². The third-order valence-corrected chi connectivity index (χ3v) is 2.66. The summed E-state index contributed by atoms with van der Waals surface area (Å²) in [6, 6.07) is 3.38. The van der Waals surface area contributed by atoms with E-state index in [9.17, 15) is 4.79 Å². The molecule has 1 aromatic carbocycles. The molecule has 4 nitrogen and oxygen atoms in total. The highest BCUT2D eigenvalue weighted by Crippen LogP contribution is 2.39. The number of carbonyl (C=O) groups excluding carboxylic acids is 1. The van der Waals surface area contributed by atoms with Crippen LogP contribution in [0.25, 0.3) is 0 Å². The van der Waals surface area contributed by atoms with Gasteiger partial charge in [-0.2, -0.15) is 0 Å². The van der Waals surface area contributed by atoms with Crippen molar-refractivity contribution in [2.24, 2.45) is 0 Å². The molecule has 0 aliphatic rings. The zero-order valence-electron chi connectivity index (χ0n) is 13.1. The van der Waals surface area contributed by atoms with Gasteiger partial charge in [0.2, 0.25) is 5.75 Å². The van der Waals surface area contributed by atoms with Crippen molar-refractivity contribution < 1.29 is 19.0 Å². The van der Waals surface area contributed by atoms with Crippen molar-refractivity contribution >= 4 is 5.78 Å². The number of benzene rings is 1. The molecule has 0 saturated carbocycles. The van der Waals surface area contributed by atoms with Gasteiger partial charge in [0.25, 0.3) is 0 Å². The van der Waals surface area contributed by atoms with E-state index >= 15 is 0 Å². The van der Waals surface area contributed by atoms with E-state index in [1.807, 2.05) is 20.8 Å². The molecule has 0 atom stereocenters. The molecule has 0 amide bonds. The van der Waals surface area contributed by atoms with E-state index in [-0.39, 0.29) is 12.2 Å². The van der Waals surface area contributed by atoms with Crippen LogP contribution >= 0.6 is 0 Å². The standard InChI is InChI=1S/C17H22O4/c1-5-9-10-14(18)13-11-15(19-6-2)17(21-8-4)16(12-13)20-7-3/h11-12H,6-8,10H2,1-4H3. The molecule has 0 spiro atoms. The van der Waals surface area contributed by atoms with Gasteiger partial charge in [-0.05, 0) is 39.8 Å². The molecule has 0 unspecified atom stereocenters. The summed E-state index contributed by atoms with van der Waals surface area (Å²) in [5, 5.41) is 0. The summed E-state index contributed by atoms with van der Waals surface area (Å²) in [5.74, 6) is 7.03. The van der Waals surface area contributed by atoms with Gasteiger partial charge in [-0.25, -0.2) is 0 Å². The first-order valence-corrected chi connectivity index (χ1v) is 7.17. The number of carbonyl (C=O) groups is 1. The largest absolute Gasteiger partial charge is 0.490 e. The maximum Gasteiger partial charge on any atom is 0.203 e. The monoisotopic (exact) mass is 290 g/mol. The summed E-state index contributed by atoms with van der Waals surface area (Å²) in [4.78, 5) is 12.1. The van der Waals surface area contributed by atoms with E-state index in [2.05, 4.69) is 11.8 Å². The molecular formula is C17H22O4. The first kappa shape index (κ1) is 16.9. The minimum Gasteiger partial charge on any atom is -0.490 e. The summed E-state index contributed by atoms with van der Waals surface area (Å²) in [7, 11) is 0. The summed E-state index contributed by atoms with van der Waals surface area (Å²) >= 11 is 0. The number of ether oxygens (including phenoxy) is 3. The van der Waals surface area contributed by atoms with Crippen molar-refractivity contribution in [1.82, 2.24) is 0 Å². The molecule has 0 aliphatic heterocycles. The highest BCUT2D eigenvalue weighted by Gasteiger charge is 2.17. The van der Waals surface area contributed by atoms with E-state index in [4.69, 9.17) is 14.2 Å². The first-order valence-electron chi connectivity index (χ1n) is 7.17. The average molecular weight is 290 g/mol. The summed E-state index contributed by atoms with van der Waals surface area (Å²) in [5.41, 5.74) is 0.521. The van der Waals surface area contributed by atoms with Crippen molar-refractivity contribution in [1.29, 1.82) is 0 Å². The lowest BCUT2D eigenvalue weighted by atomic mass is 10.1. The van der Waals surface area contributed by atoms with Crippen LogP contribution in [-0.2, 0) is 0 Å². The Bertz CT molecular complexity index is 510. The van der Waals surface area contributed by atoms with Gasteiger partial charge in [-0.3, -0.25) is 4.79 Å². The number of Topliss-reactive ketones (excluding diaryl/α,β-unsaturated/α-hetero) is 1. The minimum atomic E-state index is -0.0608. The molecule has 4 heteroatoms. The van der Waals surface area contributed by atoms with Crippen LogP contribution in [0.2, 0.25) is 0 Å². The lowest BCUT2D eigenvalue weighted by Gasteiger charge is -2.16. The lowest BCUT2D eigenvalue weighted by molar-refractivity contribution is 0.0997. The highest BCUT2D eigenvalue weighted by molar-refractivity contribution is 5.98. The molecule has 0 aliphatic carbocycles. The number of hydrogen-bond acceptors (Lipinski definition) is 4. The lowest BCUT2D eigenvalue weighted by Crippen LogP contribution is -2.06. The second-order valence-electron chi connectivity index (χ2n) is 4.13. The molecule has 0 saturated heterocycles. The van der Waals surface area contributed by atoms with E-state index in [1.54, 1.807) is 19.1 Å². The average Bonchev–Trinajstić information content (AvgIpc) is 2.48. The Labute approximate surface area is 126 Å². The molecule has 0 aromatic heterocycles. The number of hydrogen-bond donors (Lipinski definition) is 0. The fraction of sp³-hybridized carbons (Fsp3) is 0.471. The van der Waals surface area contributed by atoms with Gasteiger partial charge in [-0.15, -0.1) is 5.92 Å². The van der Waals surface area contributed by atoms with Gasteiger partial charge in [0.05, 0.1) is 26.2 Å². The second-order valence-corrected chi connectivity index (χ2v) is 4.13. The highest BCUT2D eigenvalue weighted by atomic mass is 16.5. The van der Waals surface area contributed by atoms with E-state index in [0.29, 0.717) is 42.6 Å². The van der Waals surface area contributed by atoms with Crippen molar-refractivity contribution in [2.75, 3.05) is 19.8 Å². The molecule has 1 aromatic rings. The van der Waals surface area contributed by atoms with Crippen LogP contribution in [0.3, 0.4) is 0 Å². The second kappa shape index (κ2) is 8.91. The number of ketones is 1. The van der Waals surface area contributed by atoms with Crippen molar-refractivity contribution in [2.45, 2.75) is 34.1 Å². The first-order chi connectivity index (χ1) is 10.2. The minimum absolute atomic E-state index is 0.0608. The molecule has 114 valence electrons. The normalized spacial score (nSPS) is 9.52. The maximum absolute atomic E-state index is 12.1. The maximum atomic E-state index is 12.1. The van der Waals surface area contributed by atoms with Gasteiger partial charge < -0.3 is 14.2 Å². The van der Waals surface area contributed by atoms with Gasteiger partial charge >= 0.3 is 0 Å². The fourth-order valence-corrected chi connectivity index (χ4v) is 1.82. The Morgan fingerprint density at radius 2 is 1.52 bits per heavy atom. The predicted octanol–water partition coefficient (Wildman–Crippen LogP) is 3.48. The van der Waals surface area contributed by atoms with Crippen LogP contribution in [0.1, 0.15) is 44.5 Å². The van der Waals surface area contributed by atoms with Crippen LogP contribution in [0.15, 0.2) is 12.1 Å². The zero-order chi connectivity index (χ0) is 15.7. The summed E-state index contributed by atoms with van der Waals surface area (Å²) < 4.78 is 16.8. The Hall–Kier alpha value is -2.15. The Balaban J connectivity index is 3.26. The SMILES string of the molecule is CC#CCC(=O)c1cc(OCC)c(OCC)c(OCC)c1. The molecule has 1 rings (SSSR count). The van der Waals surface area contributed by atoms with Crippen LogP contribution in [-0.4, -0.2) is 25.6 Å². The molecule has 0 fully saturated rings. The van der Waals surface area contributed by atoms with Crippen LogP contribution in [0.5, 0.6) is 17.2 Å². The van der Waals surface area contributed by atoms with Crippen molar-refractivity contribution in [3.63, 3.8) is 0 Å². The van der Waals surface area contributed by atoms with E-state index in [1.165, 1.54) is 0 Å². The zero-order valence-corrected chi connectivity index (χ0v) is 13.1. The molecule has 0 N–H and O–H groups in total.